The van der Waals surface area contributed by atoms with Crippen molar-refractivity contribution in [3.05, 3.63) is 23.5 Å². The fourth-order valence-corrected chi connectivity index (χ4v) is 4.76. The molecule has 1 aromatic rings. The monoisotopic (exact) mass is 372 g/mol. The van der Waals surface area contributed by atoms with Crippen LogP contribution in [0.2, 0.25) is 0 Å². The van der Waals surface area contributed by atoms with Crippen LogP contribution >= 0.6 is 0 Å². The van der Waals surface area contributed by atoms with E-state index in [1.807, 2.05) is 4.90 Å². The number of likely N-dealkylation sites (tertiary alicyclic amines) is 1. The average Bonchev–Trinajstić information content (AvgIpc) is 3.19. The van der Waals surface area contributed by atoms with Crippen LogP contribution in [0.1, 0.15) is 43.5 Å². The first-order valence-electron chi connectivity index (χ1n) is 10.4. The molecule has 0 bridgehead atoms. The maximum atomic E-state index is 11.6. The molecule has 3 aliphatic heterocycles. The molecule has 0 N–H and O–H groups in total. The number of rotatable bonds is 3. The maximum Gasteiger partial charge on any atom is 0.219 e. The molecular formula is C21H32N4O2. The molecule has 0 spiro atoms. The predicted molar refractivity (Wildman–Crippen MR) is 106 cm³/mol. The Hall–Kier alpha value is -1.66. The summed E-state index contributed by atoms with van der Waals surface area (Å²) in [5.74, 6) is 0.713. The topological polar surface area (TPSA) is 48.9 Å². The zero-order valence-corrected chi connectivity index (χ0v) is 16.7. The van der Waals surface area contributed by atoms with Gasteiger partial charge in [0.2, 0.25) is 5.91 Å². The standard InChI is InChI=1S/C21H32N4O2/c1-16-13-20(24-9-7-23(8-10-24)17(2)26)14-21(22-16)18-3-6-25(15-18)19-4-11-27-12-5-19/h13-14,18-19H,3-12,15H2,1-2H3/t18-/m0/s1. The quantitative estimate of drug-likeness (QED) is 0.813. The zero-order valence-electron chi connectivity index (χ0n) is 16.7. The number of hydrogen-bond acceptors (Lipinski definition) is 5. The number of aryl methyl sites for hydroxylation is 1. The number of nitrogens with zero attached hydrogens (tertiary/aromatic N) is 4. The molecule has 4 rings (SSSR count). The van der Waals surface area contributed by atoms with Gasteiger partial charge in [-0.3, -0.25) is 14.7 Å². The van der Waals surface area contributed by atoms with Gasteiger partial charge in [-0.05, 0) is 44.9 Å². The van der Waals surface area contributed by atoms with Crippen LogP contribution in [-0.4, -0.2) is 79.2 Å². The Morgan fingerprint density at radius 2 is 1.81 bits per heavy atom. The lowest BCUT2D eigenvalue weighted by Crippen LogP contribution is -2.48. The van der Waals surface area contributed by atoms with Gasteiger partial charge in [0.25, 0.3) is 0 Å². The highest BCUT2D eigenvalue weighted by molar-refractivity contribution is 5.73. The third-order valence-corrected chi connectivity index (χ3v) is 6.39. The summed E-state index contributed by atoms with van der Waals surface area (Å²) in [7, 11) is 0. The van der Waals surface area contributed by atoms with Gasteiger partial charge in [0, 0.05) is 81.9 Å². The van der Waals surface area contributed by atoms with Crippen molar-refractivity contribution in [1.82, 2.24) is 14.8 Å². The molecule has 3 saturated heterocycles. The molecule has 4 heterocycles. The predicted octanol–water partition coefficient (Wildman–Crippen LogP) is 2.03. The highest BCUT2D eigenvalue weighted by Crippen LogP contribution is 2.32. The Bertz CT molecular complexity index is 666. The average molecular weight is 373 g/mol. The summed E-state index contributed by atoms with van der Waals surface area (Å²) in [5, 5.41) is 0. The van der Waals surface area contributed by atoms with Crippen LogP contribution in [0.25, 0.3) is 0 Å². The van der Waals surface area contributed by atoms with Crippen molar-refractivity contribution in [3.8, 4) is 0 Å². The summed E-state index contributed by atoms with van der Waals surface area (Å²) in [6.45, 7) is 11.3. The molecular weight excluding hydrogens is 340 g/mol. The minimum atomic E-state index is 0.181. The highest BCUT2D eigenvalue weighted by Gasteiger charge is 2.31. The van der Waals surface area contributed by atoms with E-state index in [4.69, 9.17) is 9.72 Å². The van der Waals surface area contributed by atoms with Gasteiger partial charge in [0.1, 0.15) is 0 Å². The van der Waals surface area contributed by atoms with Crippen LogP contribution in [-0.2, 0) is 9.53 Å². The van der Waals surface area contributed by atoms with Gasteiger partial charge in [-0.25, -0.2) is 0 Å². The van der Waals surface area contributed by atoms with E-state index in [0.29, 0.717) is 12.0 Å². The first kappa shape index (κ1) is 18.7. The van der Waals surface area contributed by atoms with E-state index in [1.165, 1.54) is 37.2 Å². The molecule has 6 nitrogen and oxygen atoms in total. The van der Waals surface area contributed by atoms with Gasteiger partial charge in [-0.2, -0.15) is 0 Å². The minimum Gasteiger partial charge on any atom is -0.381 e. The molecule has 3 fully saturated rings. The van der Waals surface area contributed by atoms with E-state index in [-0.39, 0.29) is 5.91 Å². The number of anilines is 1. The Kier molecular flexibility index (Phi) is 5.64. The number of hydrogen-bond donors (Lipinski definition) is 0. The summed E-state index contributed by atoms with van der Waals surface area (Å²) in [6, 6.07) is 5.18. The van der Waals surface area contributed by atoms with Crippen molar-refractivity contribution in [3.63, 3.8) is 0 Å². The zero-order chi connectivity index (χ0) is 18.8. The number of carbonyl (C=O) groups is 1. The minimum absolute atomic E-state index is 0.181. The number of piperazine rings is 1. The summed E-state index contributed by atoms with van der Waals surface area (Å²) < 4.78 is 5.52. The van der Waals surface area contributed by atoms with Crippen LogP contribution in [0.15, 0.2) is 12.1 Å². The second kappa shape index (κ2) is 8.15. The first-order chi connectivity index (χ1) is 13.1. The SMILES string of the molecule is CC(=O)N1CCN(c2cc(C)nc([C@H]3CCN(C4CCOCC4)C3)c2)CC1. The maximum absolute atomic E-state index is 11.6. The van der Waals surface area contributed by atoms with E-state index in [9.17, 15) is 4.79 Å². The number of amides is 1. The largest absolute Gasteiger partial charge is 0.381 e. The summed E-state index contributed by atoms with van der Waals surface area (Å²) in [5.41, 5.74) is 3.61. The van der Waals surface area contributed by atoms with Gasteiger partial charge in [0.05, 0.1) is 0 Å². The first-order valence-corrected chi connectivity index (χ1v) is 10.4. The molecule has 1 atom stereocenters. The number of pyridine rings is 1. The van der Waals surface area contributed by atoms with Crippen LogP contribution in [0.4, 0.5) is 5.69 Å². The Morgan fingerprint density at radius 3 is 2.52 bits per heavy atom. The molecule has 3 aliphatic rings. The van der Waals surface area contributed by atoms with Crippen molar-refractivity contribution in [2.75, 3.05) is 57.4 Å². The molecule has 0 aliphatic carbocycles. The van der Waals surface area contributed by atoms with Crippen LogP contribution in [0.3, 0.4) is 0 Å². The lowest BCUT2D eigenvalue weighted by Gasteiger charge is -2.36. The Labute approximate surface area is 162 Å². The fraction of sp³-hybridized carbons (Fsp3) is 0.714. The molecule has 0 saturated carbocycles. The third kappa shape index (κ3) is 4.27. The Morgan fingerprint density at radius 1 is 1.07 bits per heavy atom. The van der Waals surface area contributed by atoms with Gasteiger partial charge in [-0.1, -0.05) is 0 Å². The number of aromatic nitrogens is 1. The van der Waals surface area contributed by atoms with Crippen LogP contribution in [0.5, 0.6) is 0 Å². The Balaban J connectivity index is 1.43. The molecule has 27 heavy (non-hydrogen) atoms. The van der Waals surface area contributed by atoms with E-state index >= 15 is 0 Å². The van der Waals surface area contributed by atoms with Crippen molar-refractivity contribution < 1.29 is 9.53 Å². The smallest absolute Gasteiger partial charge is 0.219 e. The van der Waals surface area contributed by atoms with Crippen molar-refractivity contribution in [2.45, 2.75) is 45.1 Å². The van der Waals surface area contributed by atoms with E-state index in [2.05, 4.69) is 28.9 Å². The third-order valence-electron chi connectivity index (χ3n) is 6.39. The lowest BCUT2D eigenvalue weighted by atomic mass is 10.0. The second-order valence-corrected chi connectivity index (χ2v) is 8.21. The van der Waals surface area contributed by atoms with E-state index in [0.717, 1.165) is 51.6 Å². The van der Waals surface area contributed by atoms with Gasteiger partial charge >= 0.3 is 0 Å². The van der Waals surface area contributed by atoms with Crippen molar-refractivity contribution >= 4 is 11.6 Å². The molecule has 0 radical (unpaired) electrons. The van der Waals surface area contributed by atoms with Gasteiger partial charge < -0.3 is 14.5 Å². The van der Waals surface area contributed by atoms with E-state index < -0.39 is 0 Å². The second-order valence-electron chi connectivity index (χ2n) is 8.21. The van der Waals surface area contributed by atoms with Crippen molar-refractivity contribution in [1.29, 1.82) is 0 Å². The molecule has 1 amide bonds. The number of ether oxygens (including phenoxy) is 1. The summed E-state index contributed by atoms with van der Waals surface area (Å²) >= 11 is 0. The molecule has 6 heteroatoms. The lowest BCUT2D eigenvalue weighted by molar-refractivity contribution is -0.129. The van der Waals surface area contributed by atoms with Gasteiger partial charge in [0.15, 0.2) is 0 Å². The molecule has 0 unspecified atom stereocenters. The summed E-state index contributed by atoms with van der Waals surface area (Å²) in [6.07, 6.45) is 3.53. The fourth-order valence-electron chi connectivity index (χ4n) is 4.76. The number of carbonyl (C=O) groups excluding carboxylic acids is 1. The molecule has 1 aromatic heterocycles. The van der Waals surface area contributed by atoms with Crippen LogP contribution in [0, 0.1) is 6.92 Å². The molecule has 148 valence electrons. The highest BCUT2D eigenvalue weighted by atomic mass is 16.5. The molecule has 0 aromatic carbocycles. The van der Waals surface area contributed by atoms with E-state index in [1.54, 1.807) is 6.92 Å². The van der Waals surface area contributed by atoms with Crippen LogP contribution < -0.4 is 4.90 Å². The summed E-state index contributed by atoms with van der Waals surface area (Å²) in [4.78, 5) is 23.5. The van der Waals surface area contributed by atoms with Crippen molar-refractivity contribution in [2.24, 2.45) is 0 Å². The van der Waals surface area contributed by atoms with Gasteiger partial charge in [-0.15, -0.1) is 0 Å². The normalized spacial score (nSPS) is 25.2.